The Morgan fingerprint density at radius 2 is 2.06 bits per heavy atom. The molecule has 0 amide bonds. The van der Waals surface area contributed by atoms with Crippen LogP contribution in [-0.2, 0) is 9.47 Å². The molecule has 0 saturated heterocycles. The Hall–Kier alpha value is -0.780. The Kier molecular flexibility index (Phi) is 5.74. The fourth-order valence-electron chi connectivity index (χ4n) is 1.29. The van der Waals surface area contributed by atoms with Gasteiger partial charge in [0, 0.05) is 20.4 Å². The molecule has 0 bridgehead atoms. The Balaban J connectivity index is 2.75. The van der Waals surface area contributed by atoms with E-state index in [9.17, 15) is 4.39 Å². The molecule has 0 fully saturated rings. The third-order valence-electron chi connectivity index (χ3n) is 2.39. The van der Waals surface area contributed by atoms with E-state index in [0.717, 1.165) is 11.1 Å². The number of hydrogen-bond donors (Lipinski definition) is 0. The number of halogens is 2. The van der Waals surface area contributed by atoms with Gasteiger partial charge in [-0.15, -0.1) is 0 Å². The SMILES string of the molecule is COC(CN=Cc1ccc(F)c(Br)c1C)OC. The molecule has 0 unspecified atom stereocenters. The van der Waals surface area contributed by atoms with Crippen molar-refractivity contribution in [2.24, 2.45) is 4.99 Å². The van der Waals surface area contributed by atoms with Crippen molar-refractivity contribution in [3.63, 3.8) is 0 Å². The second kappa shape index (κ2) is 6.83. The summed E-state index contributed by atoms with van der Waals surface area (Å²) in [5.41, 5.74) is 1.68. The Morgan fingerprint density at radius 1 is 1.41 bits per heavy atom. The maximum atomic E-state index is 13.2. The summed E-state index contributed by atoms with van der Waals surface area (Å²) in [5, 5.41) is 0. The normalized spacial score (nSPS) is 11.6. The van der Waals surface area contributed by atoms with Gasteiger partial charge in [0.15, 0.2) is 6.29 Å². The van der Waals surface area contributed by atoms with Crippen LogP contribution in [0, 0.1) is 12.7 Å². The van der Waals surface area contributed by atoms with Crippen molar-refractivity contribution in [2.75, 3.05) is 20.8 Å². The van der Waals surface area contributed by atoms with E-state index in [1.807, 2.05) is 6.92 Å². The highest BCUT2D eigenvalue weighted by atomic mass is 79.9. The van der Waals surface area contributed by atoms with Crippen molar-refractivity contribution in [2.45, 2.75) is 13.2 Å². The number of nitrogens with zero attached hydrogens (tertiary/aromatic N) is 1. The van der Waals surface area contributed by atoms with Gasteiger partial charge < -0.3 is 9.47 Å². The van der Waals surface area contributed by atoms with Gasteiger partial charge in [-0.25, -0.2) is 4.39 Å². The van der Waals surface area contributed by atoms with Crippen molar-refractivity contribution in [1.29, 1.82) is 0 Å². The molecule has 0 heterocycles. The lowest BCUT2D eigenvalue weighted by Gasteiger charge is -2.09. The van der Waals surface area contributed by atoms with E-state index < -0.39 is 0 Å². The summed E-state index contributed by atoms with van der Waals surface area (Å²) in [6, 6.07) is 3.09. The van der Waals surface area contributed by atoms with E-state index in [0.29, 0.717) is 11.0 Å². The average molecular weight is 304 g/mol. The molecule has 94 valence electrons. The first-order valence-corrected chi connectivity index (χ1v) is 5.89. The molecule has 0 aliphatic rings. The van der Waals surface area contributed by atoms with Gasteiger partial charge in [-0.3, -0.25) is 4.99 Å². The van der Waals surface area contributed by atoms with Crippen LogP contribution in [0.25, 0.3) is 0 Å². The van der Waals surface area contributed by atoms with Gasteiger partial charge in [0.05, 0.1) is 11.0 Å². The Bertz CT molecular complexity index is 406. The minimum atomic E-state index is -0.351. The molecule has 1 rings (SSSR count). The first kappa shape index (κ1) is 14.3. The van der Waals surface area contributed by atoms with Crippen LogP contribution in [0.4, 0.5) is 4.39 Å². The quantitative estimate of drug-likeness (QED) is 0.618. The molecule has 0 N–H and O–H groups in total. The van der Waals surface area contributed by atoms with Gasteiger partial charge in [0.25, 0.3) is 0 Å². The first-order chi connectivity index (χ1) is 8.10. The molecule has 0 aliphatic heterocycles. The zero-order valence-electron chi connectivity index (χ0n) is 10.0. The summed E-state index contributed by atoms with van der Waals surface area (Å²) >= 11 is 3.19. The summed E-state index contributed by atoms with van der Waals surface area (Å²) in [7, 11) is 3.12. The van der Waals surface area contributed by atoms with Crippen molar-refractivity contribution in [1.82, 2.24) is 0 Å². The standard InChI is InChI=1S/C12H15BrFNO2/c1-8-9(4-5-10(14)12(8)13)6-15-7-11(16-2)17-3/h4-6,11H,7H2,1-3H3. The smallest absolute Gasteiger partial charge is 0.176 e. The maximum Gasteiger partial charge on any atom is 0.176 e. The van der Waals surface area contributed by atoms with Gasteiger partial charge in [-0.1, -0.05) is 6.07 Å². The number of hydrogen-bond acceptors (Lipinski definition) is 3. The lowest BCUT2D eigenvalue weighted by Crippen LogP contribution is -2.16. The molecule has 0 atom stereocenters. The van der Waals surface area contributed by atoms with Crippen LogP contribution in [0.15, 0.2) is 21.6 Å². The molecule has 5 heteroatoms. The van der Waals surface area contributed by atoms with Crippen LogP contribution in [0.5, 0.6) is 0 Å². The fourth-order valence-corrected chi connectivity index (χ4v) is 1.65. The molecule has 0 saturated carbocycles. The third-order valence-corrected chi connectivity index (χ3v) is 3.37. The molecule has 0 spiro atoms. The molecule has 3 nitrogen and oxygen atoms in total. The number of rotatable bonds is 5. The minimum absolute atomic E-state index is 0.272. The molecule has 17 heavy (non-hydrogen) atoms. The van der Waals surface area contributed by atoms with Crippen LogP contribution in [0.3, 0.4) is 0 Å². The van der Waals surface area contributed by atoms with Crippen molar-refractivity contribution in [3.05, 3.63) is 33.5 Å². The predicted octanol–water partition coefficient (Wildman–Crippen LogP) is 2.93. The molecule has 0 radical (unpaired) electrons. The van der Waals surface area contributed by atoms with Gasteiger partial charge in [-0.2, -0.15) is 0 Å². The number of benzene rings is 1. The molecular formula is C12H15BrFNO2. The van der Waals surface area contributed by atoms with Crippen LogP contribution in [0.2, 0.25) is 0 Å². The molecule has 0 aliphatic carbocycles. The molecule has 1 aromatic rings. The molecule has 0 aromatic heterocycles. The topological polar surface area (TPSA) is 30.8 Å². The summed E-state index contributed by atoms with van der Waals surface area (Å²) in [5.74, 6) is -0.272. The summed E-state index contributed by atoms with van der Waals surface area (Å²) < 4.78 is 23.7. The van der Waals surface area contributed by atoms with E-state index in [1.165, 1.54) is 6.07 Å². The zero-order valence-corrected chi connectivity index (χ0v) is 11.6. The number of ether oxygens (including phenoxy) is 2. The van der Waals surface area contributed by atoms with Crippen molar-refractivity contribution in [3.8, 4) is 0 Å². The monoisotopic (exact) mass is 303 g/mol. The third kappa shape index (κ3) is 3.87. The van der Waals surface area contributed by atoms with E-state index in [4.69, 9.17) is 9.47 Å². The summed E-state index contributed by atoms with van der Waals surface area (Å²) in [6.45, 7) is 2.24. The second-order valence-corrected chi connectivity index (χ2v) is 4.26. The minimum Gasteiger partial charge on any atom is -0.354 e. The van der Waals surface area contributed by atoms with Crippen molar-refractivity contribution >= 4 is 22.1 Å². The number of aliphatic imine (C=N–C) groups is 1. The first-order valence-electron chi connectivity index (χ1n) is 5.10. The highest BCUT2D eigenvalue weighted by Crippen LogP contribution is 2.22. The zero-order chi connectivity index (χ0) is 12.8. The molecular weight excluding hydrogens is 289 g/mol. The largest absolute Gasteiger partial charge is 0.354 e. The van der Waals surface area contributed by atoms with Gasteiger partial charge in [0.1, 0.15) is 5.82 Å². The van der Waals surface area contributed by atoms with E-state index in [1.54, 1.807) is 26.5 Å². The lowest BCUT2D eigenvalue weighted by molar-refractivity contribution is -0.0936. The van der Waals surface area contributed by atoms with E-state index in [2.05, 4.69) is 20.9 Å². The highest BCUT2D eigenvalue weighted by Gasteiger charge is 2.06. The Labute approximate surface area is 109 Å². The van der Waals surface area contributed by atoms with Crippen molar-refractivity contribution < 1.29 is 13.9 Å². The van der Waals surface area contributed by atoms with Crippen LogP contribution >= 0.6 is 15.9 Å². The number of methoxy groups -OCH3 is 2. The predicted molar refractivity (Wildman–Crippen MR) is 69.1 cm³/mol. The van der Waals surface area contributed by atoms with Gasteiger partial charge >= 0.3 is 0 Å². The van der Waals surface area contributed by atoms with Gasteiger partial charge in [-0.05, 0) is 40.0 Å². The van der Waals surface area contributed by atoms with E-state index in [-0.39, 0.29) is 12.1 Å². The second-order valence-electron chi connectivity index (χ2n) is 3.47. The fraction of sp³-hybridized carbons (Fsp3) is 0.417. The lowest BCUT2D eigenvalue weighted by atomic mass is 10.1. The average Bonchev–Trinajstić information content (AvgIpc) is 2.34. The maximum absolute atomic E-state index is 13.2. The highest BCUT2D eigenvalue weighted by molar-refractivity contribution is 9.10. The summed E-state index contributed by atoms with van der Waals surface area (Å²) in [6.07, 6.45) is 1.33. The molecule has 1 aromatic carbocycles. The van der Waals surface area contributed by atoms with Crippen LogP contribution in [-0.4, -0.2) is 33.3 Å². The van der Waals surface area contributed by atoms with Crippen LogP contribution in [0.1, 0.15) is 11.1 Å². The van der Waals surface area contributed by atoms with Gasteiger partial charge in [0.2, 0.25) is 0 Å². The van der Waals surface area contributed by atoms with Crippen LogP contribution < -0.4 is 0 Å². The Morgan fingerprint density at radius 3 is 2.65 bits per heavy atom. The van der Waals surface area contributed by atoms with E-state index >= 15 is 0 Å². The summed E-state index contributed by atoms with van der Waals surface area (Å²) in [4.78, 5) is 4.20.